The SMILES string of the molecule is CNC(=O)C1CCCCN1c1nnc(C(C)NC)o1. The number of amides is 1. The molecule has 1 saturated heterocycles. The van der Waals surface area contributed by atoms with Crippen molar-refractivity contribution in [2.75, 3.05) is 25.5 Å². The molecular weight excluding hydrogens is 246 g/mol. The van der Waals surface area contributed by atoms with Crippen molar-refractivity contribution in [3.05, 3.63) is 5.89 Å². The van der Waals surface area contributed by atoms with Gasteiger partial charge >= 0.3 is 6.01 Å². The van der Waals surface area contributed by atoms with E-state index in [9.17, 15) is 4.79 Å². The van der Waals surface area contributed by atoms with Gasteiger partial charge in [-0.3, -0.25) is 4.79 Å². The summed E-state index contributed by atoms with van der Waals surface area (Å²) in [7, 11) is 3.49. The summed E-state index contributed by atoms with van der Waals surface area (Å²) in [6, 6.07) is 0.229. The average Bonchev–Trinajstić information content (AvgIpc) is 2.95. The number of nitrogens with zero attached hydrogens (tertiary/aromatic N) is 3. The number of carbonyl (C=O) groups is 1. The van der Waals surface area contributed by atoms with E-state index in [1.807, 2.05) is 18.9 Å². The van der Waals surface area contributed by atoms with Crippen LogP contribution in [0.15, 0.2) is 4.42 Å². The van der Waals surface area contributed by atoms with Crippen LogP contribution in [0.2, 0.25) is 0 Å². The molecule has 19 heavy (non-hydrogen) atoms. The molecule has 2 N–H and O–H groups in total. The minimum Gasteiger partial charge on any atom is -0.406 e. The highest BCUT2D eigenvalue weighted by molar-refractivity contribution is 5.84. The lowest BCUT2D eigenvalue weighted by Gasteiger charge is -2.32. The highest BCUT2D eigenvalue weighted by Crippen LogP contribution is 2.25. The Morgan fingerprint density at radius 3 is 2.89 bits per heavy atom. The Labute approximate surface area is 112 Å². The largest absolute Gasteiger partial charge is 0.406 e. The summed E-state index contributed by atoms with van der Waals surface area (Å²) in [5, 5.41) is 13.8. The first-order valence-corrected chi connectivity index (χ1v) is 6.66. The fourth-order valence-electron chi connectivity index (χ4n) is 2.24. The second-order valence-electron chi connectivity index (χ2n) is 4.75. The molecule has 7 heteroatoms. The molecule has 2 atom stereocenters. The zero-order valence-corrected chi connectivity index (χ0v) is 11.6. The van der Waals surface area contributed by atoms with Crippen molar-refractivity contribution >= 4 is 11.9 Å². The van der Waals surface area contributed by atoms with Gasteiger partial charge in [-0.05, 0) is 33.2 Å². The number of rotatable bonds is 4. The van der Waals surface area contributed by atoms with Crippen molar-refractivity contribution in [2.45, 2.75) is 38.3 Å². The first kappa shape index (κ1) is 13.8. The van der Waals surface area contributed by atoms with E-state index in [-0.39, 0.29) is 18.0 Å². The van der Waals surface area contributed by atoms with Crippen molar-refractivity contribution in [3.63, 3.8) is 0 Å². The molecular formula is C12H21N5O2. The first-order valence-electron chi connectivity index (χ1n) is 6.66. The summed E-state index contributed by atoms with van der Waals surface area (Å²) in [6.45, 7) is 2.72. The topological polar surface area (TPSA) is 83.3 Å². The van der Waals surface area contributed by atoms with E-state index in [1.54, 1.807) is 7.05 Å². The monoisotopic (exact) mass is 267 g/mol. The van der Waals surface area contributed by atoms with Gasteiger partial charge in [0.15, 0.2) is 0 Å². The molecule has 106 valence electrons. The van der Waals surface area contributed by atoms with Crippen LogP contribution in [-0.4, -0.2) is 42.8 Å². The molecule has 0 bridgehead atoms. The normalized spacial score (nSPS) is 21.2. The molecule has 1 aromatic rings. The Kier molecular flexibility index (Phi) is 4.36. The molecule has 1 amide bonds. The fourth-order valence-corrected chi connectivity index (χ4v) is 2.24. The smallest absolute Gasteiger partial charge is 0.318 e. The van der Waals surface area contributed by atoms with E-state index in [0.717, 1.165) is 25.8 Å². The fraction of sp³-hybridized carbons (Fsp3) is 0.750. The van der Waals surface area contributed by atoms with Crippen LogP contribution in [0.1, 0.15) is 38.1 Å². The highest BCUT2D eigenvalue weighted by atomic mass is 16.4. The van der Waals surface area contributed by atoms with Gasteiger partial charge in [-0.15, -0.1) is 5.10 Å². The molecule has 7 nitrogen and oxygen atoms in total. The number of hydrogen-bond acceptors (Lipinski definition) is 6. The summed E-state index contributed by atoms with van der Waals surface area (Å²) in [6.07, 6.45) is 2.90. The van der Waals surface area contributed by atoms with Gasteiger partial charge in [0.1, 0.15) is 6.04 Å². The summed E-state index contributed by atoms with van der Waals surface area (Å²) < 4.78 is 5.66. The lowest BCUT2D eigenvalue weighted by molar-refractivity contribution is -0.122. The standard InChI is InChI=1S/C12H21N5O2/c1-8(13-2)11-15-16-12(19-11)17-7-5-4-6-9(17)10(18)14-3/h8-9,13H,4-7H2,1-3H3,(H,14,18). The zero-order chi connectivity index (χ0) is 13.8. The van der Waals surface area contributed by atoms with Gasteiger partial charge in [0.25, 0.3) is 0 Å². The maximum atomic E-state index is 11.9. The highest BCUT2D eigenvalue weighted by Gasteiger charge is 2.31. The van der Waals surface area contributed by atoms with Crippen molar-refractivity contribution < 1.29 is 9.21 Å². The summed E-state index contributed by atoms with van der Waals surface area (Å²) >= 11 is 0. The second kappa shape index (κ2) is 6.01. The Morgan fingerprint density at radius 2 is 2.21 bits per heavy atom. The third-order valence-electron chi connectivity index (χ3n) is 3.53. The van der Waals surface area contributed by atoms with Gasteiger partial charge in [-0.2, -0.15) is 0 Å². The Hall–Kier alpha value is -1.63. The van der Waals surface area contributed by atoms with E-state index >= 15 is 0 Å². The van der Waals surface area contributed by atoms with E-state index in [0.29, 0.717) is 11.9 Å². The number of anilines is 1. The van der Waals surface area contributed by atoms with Crippen molar-refractivity contribution in [3.8, 4) is 0 Å². The quantitative estimate of drug-likeness (QED) is 0.824. The van der Waals surface area contributed by atoms with Crippen LogP contribution in [0.25, 0.3) is 0 Å². The molecule has 1 fully saturated rings. The molecule has 2 unspecified atom stereocenters. The molecule has 0 spiro atoms. The van der Waals surface area contributed by atoms with Crippen LogP contribution in [0.4, 0.5) is 6.01 Å². The summed E-state index contributed by atoms with van der Waals surface area (Å²) in [5.74, 6) is 0.542. The zero-order valence-electron chi connectivity index (χ0n) is 11.6. The Morgan fingerprint density at radius 1 is 1.42 bits per heavy atom. The number of carbonyl (C=O) groups excluding carboxylic acids is 1. The lowest BCUT2D eigenvalue weighted by atomic mass is 10.0. The molecule has 2 rings (SSSR count). The van der Waals surface area contributed by atoms with Crippen LogP contribution >= 0.6 is 0 Å². The molecule has 0 aliphatic carbocycles. The van der Waals surface area contributed by atoms with Crippen LogP contribution < -0.4 is 15.5 Å². The molecule has 2 heterocycles. The molecule has 0 saturated carbocycles. The third kappa shape index (κ3) is 2.86. The summed E-state index contributed by atoms with van der Waals surface area (Å²) in [4.78, 5) is 13.8. The van der Waals surface area contributed by atoms with E-state index in [1.165, 1.54) is 0 Å². The summed E-state index contributed by atoms with van der Waals surface area (Å²) in [5.41, 5.74) is 0. The molecule has 0 aromatic carbocycles. The van der Waals surface area contributed by atoms with E-state index in [4.69, 9.17) is 4.42 Å². The lowest BCUT2D eigenvalue weighted by Crippen LogP contribution is -2.49. The van der Waals surface area contributed by atoms with Gasteiger partial charge in [-0.25, -0.2) is 0 Å². The number of hydrogen-bond donors (Lipinski definition) is 2. The number of likely N-dealkylation sites (N-methyl/N-ethyl adjacent to an activating group) is 1. The van der Waals surface area contributed by atoms with Crippen LogP contribution in [-0.2, 0) is 4.79 Å². The average molecular weight is 267 g/mol. The number of piperidine rings is 1. The van der Waals surface area contributed by atoms with Crippen LogP contribution in [0.5, 0.6) is 0 Å². The maximum Gasteiger partial charge on any atom is 0.318 e. The van der Waals surface area contributed by atoms with Crippen molar-refractivity contribution in [1.82, 2.24) is 20.8 Å². The van der Waals surface area contributed by atoms with E-state index < -0.39 is 0 Å². The number of aromatic nitrogens is 2. The Bertz CT molecular complexity index is 434. The maximum absolute atomic E-state index is 11.9. The van der Waals surface area contributed by atoms with Crippen LogP contribution in [0.3, 0.4) is 0 Å². The predicted octanol–water partition coefficient (Wildman–Crippen LogP) is 0.455. The minimum absolute atomic E-state index is 0.00103. The first-order chi connectivity index (χ1) is 9.17. The third-order valence-corrected chi connectivity index (χ3v) is 3.53. The Balaban J connectivity index is 2.18. The minimum atomic E-state index is -0.211. The molecule has 1 aromatic heterocycles. The van der Waals surface area contributed by atoms with E-state index in [2.05, 4.69) is 20.8 Å². The molecule has 1 aliphatic rings. The van der Waals surface area contributed by atoms with Crippen molar-refractivity contribution in [1.29, 1.82) is 0 Å². The predicted molar refractivity (Wildman–Crippen MR) is 70.8 cm³/mol. The van der Waals surface area contributed by atoms with Gasteiger partial charge in [0, 0.05) is 13.6 Å². The van der Waals surface area contributed by atoms with Gasteiger partial charge in [0.2, 0.25) is 11.8 Å². The van der Waals surface area contributed by atoms with Crippen LogP contribution in [0, 0.1) is 0 Å². The second-order valence-corrected chi connectivity index (χ2v) is 4.75. The van der Waals surface area contributed by atoms with Gasteiger partial charge in [0.05, 0.1) is 6.04 Å². The van der Waals surface area contributed by atoms with Crippen molar-refractivity contribution in [2.24, 2.45) is 0 Å². The van der Waals surface area contributed by atoms with Gasteiger partial charge < -0.3 is 20.0 Å². The number of nitrogens with one attached hydrogen (secondary N) is 2. The molecule has 0 radical (unpaired) electrons. The van der Waals surface area contributed by atoms with Gasteiger partial charge in [-0.1, -0.05) is 5.10 Å². The molecule has 1 aliphatic heterocycles.